The van der Waals surface area contributed by atoms with Gasteiger partial charge in [-0.05, 0) is 18.6 Å². The number of anilines is 1. The Labute approximate surface area is 123 Å². The molecule has 5 nitrogen and oxygen atoms in total. The third-order valence-corrected chi connectivity index (χ3v) is 4.39. The van der Waals surface area contributed by atoms with E-state index in [9.17, 15) is 4.79 Å². The molecule has 110 valence electrons. The number of thioether (sulfide) groups is 1. The van der Waals surface area contributed by atoms with Crippen LogP contribution in [0.1, 0.15) is 6.42 Å². The topological polar surface area (TPSA) is 61.8 Å². The molecular weight excluding hydrogens is 276 g/mol. The summed E-state index contributed by atoms with van der Waals surface area (Å²) in [5.41, 5.74) is 0.668. The van der Waals surface area contributed by atoms with Crippen molar-refractivity contribution in [3.8, 4) is 5.75 Å². The molecule has 2 N–H and O–H groups in total. The number of benzene rings is 1. The molecule has 0 saturated carbocycles. The summed E-state index contributed by atoms with van der Waals surface area (Å²) < 4.78 is 5.23. The normalized spacial score (nSPS) is 18.7. The molecule has 1 heterocycles. The molecule has 0 radical (unpaired) electrons. The van der Waals surface area contributed by atoms with Gasteiger partial charge in [-0.2, -0.15) is 11.8 Å². The number of aliphatic hydroxyl groups excluding tert-OH is 1. The highest BCUT2D eigenvalue weighted by Gasteiger charge is 2.27. The fourth-order valence-corrected chi connectivity index (χ4v) is 3.36. The molecule has 1 aliphatic heterocycles. The Morgan fingerprint density at radius 1 is 1.55 bits per heavy atom. The van der Waals surface area contributed by atoms with Crippen molar-refractivity contribution in [1.82, 2.24) is 4.90 Å². The number of hydrogen-bond donors (Lipinski definition) is 2. The zero-order valence-corrected chi connectivity index (χ0v) is 12.4. The average Bonchev–Trinajstić information content (AvgIpc) is 2.48. The zero-order valence-electron chi connectivity index (χ0n) is 11.5. The average molecular weight is 296 g/mol. The number of urea groups is 1. The molecule has 1 aliphatic rings. The van der Waals surface area contributed by atoms with Crippen LogP contribution in [-0.2, 0) is 0 Å². The van der Waals surface area contributed by atoms with Gasteiger partial charge in [-0.25, -0.2) is 4.79 Å². The summed E-state index contributed by atoms with van der Waals surface area (Å²) in [5.74, 6) is 2.45. The summed E-state index contributed by atoms with van der Waals surface area (Å²) in [7, 11) is 1.58. The first-order valence-corrected chi connectivity index (χ1v) is 7.81. The van der Waals surface area contributed by atoms with Crippen molar-refractivity contribution in [1.29, 1.82) is 0 Å². The van der Waals surface area contributed by atoms with E-state index in [4.69, 9.17) is 9.84 Å². The van der Waals surface area contributed by atoms with Gasteiger partial charge >= 0.3 is 6.03 Å². The van der Waals surface area contributed by atoms with Gasteiger partial charge in [0.25, 0.3) is 0 Å². The Kier molecular flexibility index (Phi) is 5.55. The SMILES string of the molecule is COc1ccccc1NC(=O)N1CCSC[C@@H]1CCO. The van der Waals surface area contributed by atoms with Crippen LogP contribution in [0.25, 0.3) is 0 Å². The van der Waals surface area contributed by atoms with E-state index in [1.54, 1.807) is 12.0 Å². The van der Waals surface area contributed by atoms with Crippen molar-refractivity contribution in [2.24, 2.45) is 0 Å². The van der Waals surface area contributed by atoms with Crippen molar-refractivity contribution >= 4 is 23.5 Å². The van der Waals surface area contributed by atoms with Crippen LogP contribution in [0.3, 0.4) is 0 Å². The van der Waals surface area contributed by atoms with Gasteiger partial charge in [0, 0.05) is 30.7 Å². The molecule has 2 rings (SSSR count). The minimum atomic E-state index is -0.131. The molecule has 0 bridgehead atoms. The molecule has 0 aromatic heterocycles. The van der Waals surface area contributed by atoms with Crippen molar-refractivity contribution < 1.29 is 14.6 Å². The molecule has 0 spiro atoms. The maximum atomic E-state index is 12.4. The van der Waals surface area contributed by atoms with Crippen molar-refractivity contribution in [3.63, 3.8) is 0 Å². The van der Waals surface area contributed by atoms with Gasteiger partial charge in [-0.3, -0.25) is 0 Å². The smallest absolute Gasteiger partial charge is 0.322 e. The third kappa shape index (κ3) is 3.58. The van der Waals surface area contributed by atoms with Crippen LogP contribution in [0.15, 0.2) is 24.3 Å². The number of hydrogen-bond acceptors (Lipinski definition) is 4. The number of carbonyl (C=O) groups is 1. The number of para-hydroxylation sites is 2. The van der Waals surface area contributed by atoms with Crippen molar-refractivity contribution in [3.05, 3.63) is 24.3 Å². The second kappa shape index (κ2) is 7.40. The Balaban J connectivity index is 2.06. The summed E-state index contributed by atoms with van der Waals surface area (Å²) in [5, 5.41) is 12.0. The molecule has 6 heteroatoms. The first kappa shape index (κ1) is 15.0. The number of nitrogens with zero attached hydrogens (tertiary/aromatic N) is 1. The van der Waals surface area contributed by atoms with E-state index in [1.807, 2.05) is 36.0 Å². The Hall–Kier alpha value is -1.40. The quantitative estimate of drug-likeness (QED) is 0.892. The second-order valence-corrected chi connectivity index (χ2v) is 5.71. The maximum Gasteiger partial charge on any atom is 0.322 e. The molecule has 1 saturated heterocycles. The Bertz CT molecular complexity index is 454. The number of ether oxygens (including phenoxy) is 1. The van der Waals surface area contributed by atoms with Crippen LogP contribution in [0.2, 0.25) is 0 Å². The Morgan fingerprint density at radius 3 is 3.10 bits per heavy atom. The summed E-state index contributed by atoms with van der Waals surface area (Å²) in [6.45, 7) is 0.806. The molecule has 1 aromatic carbocycles. The first-order valence-electron chi connectivity index (χ1n) is 6.65. The summed E-state index contributed by atoms with van der Waals surface area (Å²) >= 11 is 1.82. The molecule has 2 amide bonds. The van der Waals surface area contributed by atoms with Gasteiger partial charge in [0.05, 0.1) is 12.8 Å². The third-order valence-electron chi connectivity index (χ3n) is 3.30. The predicted octanol–water partition coefficient (Wildman–Crippen LogP) is 2.03. The number of rotatable bonds is 4. The lowest BCUT2D eigenvalue weighted by atomic mass is 10.2. The maximum absolute atomic E-state index is 12.4. The molecular formula is C14H20N2O3S. The molecule has 0 unspecified atom stereocenters. The van der Waals surface area contributed by atoms with Crippen LogP contribution in [0, 0.1) is 0 Å². The second-order valence-electron chi connectivity index (χ2n) is 4.56. The molecule has 1 aromatic rings. The molecule has 1 atom stereocenters. The van der Waals surface area contributed by atoms with E-state index in [-0.39, 0.29) is 18.7 Å². The lowest BCUT2D eigenvalue weighted by Crippen LogP contribution is -2.48. The standard InChI is InChI=1S/C14H20N2O3S/c1-19-13-5-3-2-4-12(13)15-14(18)16-7-9-20-10-11(16)6-8-17/h2-5,11,17H,6-10H2,1H3,(H,15,18)/t11-/m0/s1. The van der Waals surface area contributed by atoms with E-state index in [1.165, 1.54) is 0 Å². The van der Waals surface area contributed by atoms with E-state index >= 15 is 0 Å². The lowest BCUT2D eigenvalue weighted by Gasteiger charge is -2.35. The highest BCUT2D eigenvalue weighted by molar-refractivity contribution is 7.99. The predicted molar refractivity (Wildman–Crippen MR) is 81.5 cm³/mol. The van der Waals surface area contributed by atoms with Crippen LogP contribution in [0.5, 0.6) is 5.75 Å². The number of nitrogens with one attached hydrogen (secondary N) is 1. The minimum Gasteiger partial charge on any atom is -0.495 e. The fraction of sp³-hybridized carbons (Fsp3) is 0.500. The van der Waals surface area contributed by atoms with Crippen LogP contribution >= 0.6 is 11.8 Å². The number of carbonyl (C=O) groups excluding carboxylic acids is 1. The fourth-order valence-electron chi connectivity index (χ4n) is 2.25. The van der Waals surface area contributed by atoms with Gasteiger partial charge in [0.2, 0.25) is 0 Å². The van der Waals surface area contributed by atoms with Crippen molar-refractivity contribution in [2.75, 3.05) is 37.1 Å². The van der Waals surface area contributed by atoms with Gasteiger partial charge in [-0.15, -0.1) is 0 Å². The largest absolute Gasteiger partial charge is 0.495 e. The lowest BCUT2D eigenvalue weighted by molar-refractivity contribution is 0.177. The zero-order chi connectivity index (χ0) is 14.4. The van der Waals surface area contributed by atoms with Gasteiger partial charge in [0.1, 0.15) is 5.75 Å². The summed E-state index contributed by atoms with van der Waals surface area (Å²) in [6.07, 6.45) is 0.617. The van der Waals surface area contributed by atoms with E-state index in [0.29, 0.717) is 24.4 Å². The highest BCUT2D eigenvalue weighted by atomic mass is 32.2. The Morgan fingerprint density at radius 2 is 2.35 bits per heavy atom. The highest BCUT2D eigenvalue weighted by Crippen LogP contribution is 2.25. The number of amides is 2. The minimum absolute atomic E-state index is 0.0912. The monoisotopic (exact) mass is 296 g/mol. The van der Waals surface area contributed by atoms with Gasteiger partial charge in [0.15, 0.2) is 0 Å². The van der Waals surface area contributed by atoms with Gasteiger partial charge in [-0.1, -0.05) is 12.1 Å². The van der Waals surface area contributed by atoms with E-state index in [2.05, 4.69) is 5.32 Å². The summed E-state index contributed by atoms with van der Waals surface area (Å²) in [4.78, 5) is 14.2. The first-order chi connectivity index (χ1) is 9.76. The van der Waals surface area contributed by atoms with Crippen LogP contribution in [0.4, 0.5) is 10.5 Å². The van der Waals surface area contributed by atoms with Gasteiger partial charge < -0.3 is 20.1 Å². The van der Waals surface area contributed by atoms with E-state index < -0.39 is 0 Å². The molecule has 0 aliphatic carbocycles. The number of methoxy groups -OCH3 is 1. The van der Waals surface area contributed by atoms with E-state index in [0.717, 1.165) is 11.5 Å². The number of aliphatic hydroxyl groups is 1. The van der Waals surface area contributed by atoms with Crippen LogP contribution in [-0.4, -0.2) is 53.8 Å². The van der Waals surface area contributed by atoms with Crippen molar-refractivity contribution in [2.45, 2.75) is 12.5 Å². The summed E-state index contributed by atoms with van der Waals surface area (Å²) in [6, 6.07) is 7.31. The molecule has 20 heavy (non-hydrogen) atoms. The van der Waals surface area contributed by atoms with Crippen LogP contribution < -0.4 is 10.1 Å². The molecule has 1 fully saturated rings.